The van der Waals surface area contributed by atoms with Crippen LogP contribution in [0.3, 0.4) is 0 Å². The number of fused-ring (bicyclic) bond motifs is 1. The number of methoxy groups -OCH3 is 2. The highest BCUT2D eigenvalue weighted by Gasteiger charge is 2.12. The molecule has 0 aliphatic rings. The van der Waals surface area contributed by atoms with Crippen LogP contribution >= 0.6 is 23.4 Å². The number of rotatable bonds is 6. The van der Waals surface area contributed by atoms with E-state index in [0.29, 0.717) is 22.2 Å². The highest BCUT2D eigenvalue weighted by atomic mass is 35.5. The van der Waals surface area contributed by atoms with E-state index in [1.807, 2.05) is 18.2 Å². The molecule has 4 nitrogen and oxygen atoms in total. The van der Waals surface area contributed by atoms with Crippen molar-refractivity contribution in [1.29, 1.82) is 0 Å². The van der Waals surface area contributed by atoms with E-state index >= 15 is 0 Å². The Balaban J connectivity index is 1.66. The standard InChI is InChI=1S/C20H18ClNO3S/c1-24-18-10-16(21)17(11-19(18)25-2)22-20(23)12-26-15-8-7-13-5-3-4-6-14(13)9-15/h3-11H,12H2,1-2H3,(H,22,23). The van der Waals surface area contributed by atoms with Crippen LogP contribution in [0.1, 0.15) is 0 Å². The number of benzene rings is 3. The summed E-state index contributed by atoms with van der Waals surface area (Å²) in [6.45, 7) is 0. The Morgan fingerprint density at radius 3 is 2.42 bits per heavy atom. The first-order chi connectivity index (χ1) is 12.6. The molecular weight excluding hydrogens is 370 g/mol. The maximum Gasteiger partial charge on any atom is 0.234 e. The van der Waals surface area contributed by atoms with Crippen molar-refractivity contribution < 1.29 is 14.3 Å². The number of ether oxygens (including phenoxy) is 2. The minimum Gasteiger partial charge on any atom is -0.493 e. The smallest absolute Gasteiger partial charge is 0.234 e. The molecule has 0 bridgehead atoms. The summed E-state index contributed by atoms with van der Waals surface area (Å²) in [5.74, 6) is 1.16. The second-order valence-corrected chi connectivity index (χ2v) is 6.99. The van der Waals surface area contributed by atoms with E-state index in [-0.39, 0.29) is 11.7 Å². The Labute approximate surface area is 161 Å². The van der Waals surface area contributed by atoms with Gasteiger partial charge in [-0.05, 0) is 22.9 Å². The summed E-state index contributed by atoms with van der Waals surface area (Å²) in [6, 6.07) is 17.6. The number of halogens is 1. The molecule has 0 aliphatic carbocycles. The van der Waals surface area contributed by atoms with E-state index < -0.39 is 0 Å². The van der Waals surface area contributed by atoms with Gasteiger partial charge in [-0.2, -0.15) is 0 Å². The average molecular weight is 388 g/mol. The van der Waals surface area contributed by atoms with Gasteiger partial charge in [0.25, 0.3) is 0 Å². The lowest BCUT2D eigenvalue weighted by atomic mass is 10.1. The van der Waals surface area contributed by atoms with Gasteiger partial charge in [-0.15, -0.1) is 11.8 Å². The molecule has 0 saturated heterocycles. The van der Waals surface area contributed by atoms with E-state index in [4.69, 9.17) is 21.1 Å². The normalized spacial score (nSPS) is 10.6. The quantitative estimate of drug-likeness (QED) is 0.587. The van der Waals surface area contributed by atoms with Crippen LogP contribution < -0.4 is 14.8 Å². The Kier molecular flexibility index (Phi) is 5.91. The molecule has 0 aliphatic heterocycles. The summed E-state index contributed by atoms with van der Waals surface area (Å²) in [5.41, 5.74) is 0.494. The highest BCUT2D eigenvalue weighted by molar-refractivity contribution is 8.00. The molecule has 3 aromatic carbocycles. The number of nitrogens with one attached hydrogen (secondary N) is 1. The lowest BCUT2D eigenvalue weighted by molar-refractivity contribution is -0.113. The van der Waals surface area contributed by atoms with Crippen LogP contribution in [0.5, 0.6) is 11.5 Å². The van der Waals surface area contributed by atoms with Crippen molar-refractivity contribution in [2.75, 3.05) is 25.3 Å². The molecule has 0 spiro atoms. The second kappa shape index (κ2) is 8.34. The lowest BCUT2D eigenvalue weighted by Crippen LogP contribution is -2.14. The first-order valence-corrected chi connectivity index (χ1v) is 9.30. The predicted molar refractivity (Wildman–Crippen MR) is 108 cm³/mol. The van der Waals surface area contributed by atoms with Crippen molar-refractivity contribution in [3.8, 4) is 11.5 Å². The third-order valence-corrected chi connectivity index (χ3v) is 5.14. The van der Waals surface area contributed by atoms with Gasteiger partial charge in [0.2, 0.25) is 5.91 Å². The molecule has 134 valence electrons. The predicted octanol–water partition coefficient (Wildman–Crippen LogP) is 5.24. The third-order valence-electron chi connectivity index (χ3n) is 3.84. The van der Waals surface area contributed by atoms with Crippen molar-refractivity contribution in [1.82, 2.24) is 0 Å². The van der Waals surface area contributed by atoms with Crippen LogP contribution in [-0.2, 0) is 4.79 Å². The first kappa shape index (κ1) is 18.4. The van der Waals surface area contributed by atoms with Crippen molar-refractivity contribution in [2.24, 2.45) is 0 Å². The van der Waals surface area contributed by atoms with Crippen molar-refractivity contribution in [2.45, 2.75) is 4.90 Å². The van der Waals surface area contributed by atoms with E-state index in [9.17, 15) is 4.79 Å². The SMILES string of the molecule is COc1cc(Cl)c(NC(=O)CSc2ccc3ccccc3c2)cc1OC. The van der Waals surface area contributed by atoms with E-state index in [0.717, 1.165) is 10.3 Å². The van der Waals surface area contributed by atoms with Crippen molar-refractivity contribution in [3.63, 3.8) is 0 Å². The van der Waals surface area contributed by atoms with Gasteiger partial charge in [0.1, 0.15) is 0 Å². The van der Waals surface area contributed by atoms with Gasteiger partial charge in [0, 0.05) is 17.0 Å². The average Bonchev–Trinajstić information content (AvgIpc) is 2.67. The van der Waals surface area contributed by atoms with Gasteiger partial charge >= 0.3 is 0 Å². The summed E-state index contributed by atoms with van der Waals surface area (Å²) in [6.07, 6.45) is 0. The van der Waals surface area contributed by atoms with E-state index in [1.165, 1.54) is 31.4 Å². The number of hydrogen-bond donors (Lipinski definition) is 1. The molecule has 0 unspecified atom stereocenters. The maximum atomic E-state index is 12.3. The zero-order valence-electron chi connectivity index (χ0n) is 14.4. The maximum absolute atomic E-state index is 12.3. The lowest BCUT2D eigenvalue weighted by Gasteiger charge is -2.12. The number of hydrogen-bond acceptors (Lipinski definition) is 4. The van der Waals surface area contributed by atoms with Crippen molar-refractivity contribution in [3.05, 3.63) is 59.6 Å². The summed E-state index contributed by atoms with van der Waals surface area (Å²) in [7, 11) is 3.07. The fourth-order valence-corrected chi connectivity index (χ4v) is 3.49. The molecule has 1 N–H and O–H groups in total. The third kappa shape index (κ3) is 4.23. The number of thioether (sulfide) groups is 1. The van der Waals surface area contributed by atoms with E-state index in [1.54, 1.807) is 12.1 Å². The number of amides is 1. The molecule has 3 rings (SSSR count). The van der Waals surface area contributed by atoms with Crippen molar-refractivity contribution >= 4 is 45.7 Å². The Hall–Kier alpha value is -2.37. The van der Waals surface area contributed by atoms with Gasteiger partial charge in [-0.25, -0.2) is 0 Å². The Bertz CT molecular complexity index is 945. The molecule has 0 heterocycles. The molecule has 6 heteroatoms. The minimum absolute atomic E-state index is 0.141. The van der Waals surface area contributed by atoms with Gasteiger partial charge in [0.15, 0.2) is 11.5 Å². The van der Waals surface area contributed by atoms with Gasteiger partial charge in [0.05, 0.1) is 30.7 Å². The molecule has 0 radical (unpaired) electrons. The monoisotopic (exact) mass is 387 g/mol. The minimum atomic E-state index is -0.141. The Morgan fingerprint density at radius 1 is 1.00 bits per heavy atom. The summed E-state index contributed by atoms with van der Waals surface area (Å²) in [5, 5.41) is 5.54. The fourth-order valence-electron chi connectivity index (χ4n) is 2.54. The number of anilines is 1. The van der Waals surface area contributed by atoms with Gasteiger partial charge in [-0.3, -0.25) is 4.79 Å². The molecule has 0 fully saturated rings. The molecule has 3 aromatic rings. The molecule has 0 saturated carbocycles. The van der Waals surface area contributed by atoms with Crippen LogP contribution in [0.4, 0.5) is 5.69 Å². The number of carbonyl (C=O) groups excluding carboxylic acids is 1. The zero-order valence-corrected chi connectivity index (χ0v) is 16.0. The van der Waals surface area contributed by atoms with Crippen LogP contribution in [-0.4, -0.2) is 25.9 Å². The number of carbonyl (C=O) groups is 1. The molecule has 0 aromatic heterocycles. The summed E-state index contributed by atoms with van der Waals surface area (Å²) in [4.78, 5) is 13.3. The largest absolute Gasteiger partial charge is 0.493 e. The van der Waals surface area contributed by atoms with Gasteiger partial charge in [-0.1, -0.05) is 41.9 Å². The Morgan fingerprint density at radius 2 is 1.69 bits per heavy atom. The van der Waals surface area contributed by atoms with Crippen LogP contribution in [0.15, 0.2) is 59.5 Å². The molecule has 26 heavy (non-hydrogen) atoms. The summed E-state index contributed by atoms with van der Waals surface area (Å²) < 4.78 is 10.4. The molecule has 0 atom stereocenters. The second-order valence-electron chi connectivity index (χ2n) is 5.53. The topological polar surface area (TPSA) is 47.6 Å². The zero-order chi connectivity index (χ0) is 18.5. The van der Waals surface area contributed by atoms with Gasteiger partial charge < -0.3 is 14.8 Å². The molecular formula is C20H18ClNO3S. The van der Waals surface area contributed by atoms with Crippen LogP contribution in [0.2, 0.25) is 5.02 Å². The highest BCUT2D eigenvalue weighted by Crippen LogP contribution is 2.36. The summed E-state index contributed by atoms with van der Waals surface area (Å²) >= 11 is 7.68. The fraction of sp³-hybridized carbons (Fsp3) is 0.150. The molecule has 1 amide bonds. The van der Waals surface area contributed by atoms with Crippen LogP contribution in [0, 0.1) is 0 Å². The van der Waals surface area contributed by atoms with E-state index in [2.05, 4.69) is 29.6 Å². The van der Waals surface area contributed by atoms with Crippen LogP contribution in [0.25, 0.3) is 10.8 Å². The first-order valence-electron chi connectivity index (χ1n) is 7.93.